The van der Waals surface area contributed by atoms with Gasteiger partial charge in [-0.05, 0) is 40.9 Å². The van der Waals surface area contributed by atoms with E-state index in [-0.39, 0.29) is 10.8 Å². The molecule has 1 saturated heterocycles. The lowest BCUT2D eigenvalue weighted by Crippen LogP contribution is -2.64. The van der Waals surface area contributed by atoms with Gasteiger partial charge in [0.1, 0.15) is 36.6 Å². The predicted octanol–water partition coefficient (Wildman–Crippen LogP) is 6.44. The molecule has 6 nitrogen and oxygen atoms in total. The van der Waals surface area contributed by atoms with Crippen LogP contribution in [0, 0.1) is 16.7 Å². The Labute approximate surface area is 255 Å². The summed E-state index contributed by atoms with van der Waals surface area (Å²) in [6, 6.07) is 30.3. The molecule has 3 saturated carbocycles. The highest BCUT2D eigenvalue weighted by Gasteiger charge is 2.76. The average molecular weight is 585 g/mol. The number of hydrogen-bond acceptors (Lipinski definition) is 6. The highest BCUT2D eigenvalue weighted by Crippen LogP contribution is 2.73. The topological polar surface area (TPSA) is 66.4 Å². The summed E-state index contributed by atoms with van der Waals surface area (Å²) < 4.78 is 34.1. The van der Waals surface area contributed by atoms with Crippen molar-refractivity contribution < 1.29 is 28.8 Å². The molecule has 9 atom stereocenters. The summed E-state index contributed by atoms with van der Waals surface area (Å²) >= 11 is 0. The Kier molecular flexibility index (Phi) is 7.73. The van der Waals surface area contributed by atoms with E-state index in [0.29, 0.717) is 25.7 Å². The molecule has 6 heteroatoms. The first-order valence-corrected chi connectivity index (χ1v) is 15.8. The minimum Gasteiger partial charge on any atom is -0.387 e. The Bertz CT molecular complexity index is 1370. The molecule has 3 aromatic rings. The molecule has 1 spiro atoms. The highest BCUT2D eigenvalue weighted by atomic mass is 16.8. The van der Waals surface area contributed by atoms with Gasteiger partial charge in [0.2, 0.25) is 0 Å². The van der Waals surface area contributed by atoms with Crippen molar-refractivity contribution in [1.29, 1.82) is 0 Å². The van der Waals surface area contributed by atoms with Crippen LogP contribution in [-0.2, 0) is 43.5 Å². The molecule has 0 radical (unpaired) electrons. The first-order valence-electron chi connectivity index (χ1n) is 15.8. The van der Waals surface area contributed by atoms with Crippen LogP contribution in [0.15, 0.2) is 91.0 Å². The molecule has 4 fully saturated rings. The Hall–Kier alpha value is -2.58. The fraction of sp³-hybridized carbons (Fsp3) is 0.514. The Morgan fingerprint density at radius 1 is 0.651 bits per heavy atom. The second kappa shape index (κ2) is 11.4. The van der Waals surface area contributed by atoms with Gasteiger partial charge in [-0.25, -0.2) is 0 Å². The van der Waals surface area contributed by atoms with E-state index < -0.39 is 42.4 Å². The SMILES string of the molecule is CC1(C)[C@@H]2CC[C@@]1(C)C1(C2)O[C@H]2[C@H](OCc3ccccc3)[C@@H](OCc3ccccc3)[C@H](OCc3ccccc3)[C@@H](O)[C@H]2O1. The molecule has 3 aromatic carbocycles. The third-order valence-electron chi connectivity index (χ3n) is 11.3. The van der Waals surface area contributed by atoms with Gasteiger partial charge >= 0.3 is 0 Å². The third kappa shape index (κ3) is 4.97. The van der Waals surface area contributed by atoms with Crippen LogP contribution in [0.3, 0.4) is 0 Å². The van der Waals surface area contributed by atoms with E-state index in [0.717, 1.165) is 29.5 Å². The van der Waals surface area contributed by atoms with Crippen molar-refractivity contribution in [2.24, 2.45) is 16.7 Å². The van der Waals surface area contributed by atoms with Crippen LogP contribution in [0.2, 0.25) is 0 Å². The molecule has 7 rings (SSSR count). The van der Waals surface area contributed by atoms with Crippen LogP contribution in [0.1, 0.15) is 56.7 Å². The molecule has 43 heavy (non-hydrogen) atoms. The standard InChI is InChI=1S/C37H44O6/c1-35(2)28-19-20-36(35,3)37(21-28)42-31-29(38)30(39-22-25-13-7-4-8-14-25)32(40-23-26-15-9-5-10-16-26)33(34(31)43-37)41-24-27-17-11-6-12-18-27/h4-18,28-34,38H,19-24H2,1-3H3/t28-,29-,30-,31-,32+,33-,34-,36-,37?/m1/s1. The van der Waals surface area contributed by atoms with Crippen molar-refractivity contribution in [2.75, 3.05) is 0 Å². The second-order valence-corrected chi connectivity index (χ2v) is 13.7. The van der Waals surface area contributed by atoms with Gasteiger partial charge in [0.15, 0.2) is 5.79 Å². The number of aliphatic hydroxyl groups is 1. The van der Waals surface area contributed by atoms with Crippen LogP contribution in [0.4, 0.5) is 0 Å². The van der Waals surface area contributed by atoms with Gasteiger partial charge in [-0.2, -0.15) is 0 Å². The maximum Gasteiger partial charge on any atom is 0.175 e. The first-order chi connectivity index (χ1) is 20.8. The van der Waals surface area contributed by atoms with Gasteiger partial charge in [0.05, 0.1) is 19.8 Å². The molecule has 1 N–H and O–H groups in total. The van der Waals surface area contributed by atoms with E-state index in [1.165, 1.54) is 6.42 Å². The summed E-state index contributed by atoms with van der Waals surface area (Å²) in [6.45, 7) is 8.12. The second-order valence-electron chi connectivity index (χ2n) is 13.7. The Morgan fingerprint density at radius 2 is 1.12 bits per heavy atom. The minimum atomic E-state index is -0.948. The molecule has 4 aliphatic rings. The quantitative estimate of drug-likeness (QED) is 0.312. The molecule has 3 aliphatic carbocycles. The van der Waals surface area contributed by atoms with Gasteiger partial charge < -0.3 is 28.8 Å². The molecule has 0 aromatic heterocycles. The van der Waals surface area contributed by atoms with Crippen molar-refractivity contribution >= 4 is 0 Å². The molecule has 2 bridgehead atoms. The molecular formula is C37H44O6. The molecule has 0 amide bonds. The first kappa shape index (κ1) is 29.1. The minimum absolute atomic E-state index is 0.0677. The maximum absolute atomic E-state index is 12.1. The van der Waals surface area contributed by atoms with Gasteiger partial charge in [0.25, 0.3) is 0 Å². The van der Waals surface area contributed by atoms with E-state index in [2.05, 4.69) is 32.9 Å². The van der Waals surface area contributed by atoms with Gasteiger partial charge in [-0.3, -0.25) is 0 Å². The largest absolute Gasteiger partial charge is 0.387 e. The van der Waals surface area contributed by atoms with Gasteiger partial charge in [-0.1, -0.05) is 112 Å². The summed E-state index contributed by atoms with van der Waals surface area (Å²) in [5.74, 6) is -0.267. The average Bonchev–Trinajstić information content (AvgIpc) is 3.57. The van der Waals surface area contributed by atoms with E-state index in [9.17, 15) is 5.11 Å². The smallest absolute Gasteiger partial charge is 0.175 e. The molecule has 228 valence electrons. The monoisotopic (exact) mass is 584 g/mol. The van der Waals surface area contributed by atoms with E-state index >= 15 is 0 Å². The summed E-state index contributed by atoms with van der Waals surface area (Å²) in [5, 5.41) is 12.1. The van der Waals surface area contributed by atoms with Crippen LogP contribution < -0.4 is 0 Å². The number of hydrogen-bond donors (Lipinski definition) is 1. The summed E-state index contributed by atoms with van der Waals surface area (Å²) in [4.78, 5) is 0. The summed E-state index contributed by atoms with van der Waals surface area (Å²) in [5.41, 5.74) is 3.04. The lowest BCUT2D eigenvalue weighted by atomic mass is 9.68. The fourth-order valence-corrected chi connectivity index (χ4v) is 8.29. The zero-order chi connectivity index (χ0) is 29.7. The van der Waals surface area contributed by atoms with Crippen molar-refractivity contribution in [3.8, 4) is 0 Å². The van der Waals surface area contributed by atoms with Crippen molar-refractivity contribution in [3.63, 3.8) is 0 Å². The summed E-state index contributed by atoms with van der Waals surface area (Å²) in [6.07, 6.45) is -0.765. The Morgan fingerprint density at radius 3 is 1.58 bits per heavy atom. The number of rotatable bonds is 9. The highest BCUT2D eigenvalue weighted by molar-refractivity contribution is 5.21. The van der Waals surface area contributed by atoms with Crippen molar-refractivity contribution in [1.82, 2.24) is 0 Å². The van der Waals surface area contributed by atoms with E-state index in [1.807, 2.05) is 78.9 Å². The molecule has 1 aliphatic heterocycles. The lowest BCUT2D eigenvalue weighted by molar-refractivity contribution is -0.258. The van der Waals surface area contributed by atoms with Crippen LogP contribution in [0.5, 0.6) is 0 Å². The zero-order valence-corrected chi connectivity index (χ0v) is 25.4. The third-order valence-corrected chi connectivity index (χ3v) is 11.3. The van der Waals surface area contributed by atoms with Crippen molar-refractivity contribution in [2.45, 2.75) is 102 Å². The van der Waals surface area contributed by atoms with E-state index in [1.54, 1.807) is 0 Å². The predicted molar refractivity (Wildman–Crippen MR) is 163 cm³/mol. The van der Waals surface area contributed by atoms with Gasteiger partial charge in [-0.15, -0.1) is 0 Å². The normalized spacial score (nSPS) is 37.5. The lowest BCUT2D eigenvalue weighted by Gasteiger charge is -2.45. The summed E-state index contributed by atoms with van der Waals surface area (Å²) in [7, 11) is 0. The van der Waals surface area contributed by atoms with Crippen LogP contribution in [0.25, 0.3) is 0 Å². The zero-order valence-electron chi connectivity index (χ0n) is 25.4. The van der Waals surface area contributed by atoms with Gasteiger partial charge in [0, 0.05) is 11.8 Å². The maximum atomic E-state index is 12.1. The number of aliphatic hydroxyl groups excluding tert-OH is 1. The number of fused-ring (bicyclic) bond motifs is 4. The Balaban J connectivity index is 1.23. The fourth-order valence-electron chi connectivity index (χ4n) is 8.29. The van der Waals surface area contributed by atoms with E-state index in [4.69, 9.17) is 23.7 Å². The molecule has 1 heterocycles. The molecule has 1 unspecified atom stereocenters. The molecular weight excluding hydrogens is 540 g/mol. The van der Waals surface area contributed by atoms with Crippen LogP contribution >= 0.6 is 0 Å². The van der Waals surface area contributed by atoms with Crippen molar-refractivity contribution in [3.05, 3.63) is 108 Å². The van der Waals surface area contributed by atoms with Crippen LogP contribution in [-0.4, -0.2) is 47.5 Å². The number of ether oxygens (including phenoxy) is 5. The number of benzene rings is 3.